The number of hydrogen-bond donors (Lipinski definition) is 2. The van der Waals surface area contributed by atoms with Crippen molar-refractivity contribution in [3.05, 3.63) is 34.2 Å². The van der Waals surface area contributed by atoms with Gasteiger partial charge >= 0.3 is 0 Å². The van der Waals surface area contributed by atoms with E-state index in [-0.39, 0.29) is 17.5 Å². The second kappa shape index (κ2) is 5.31. The lowest BCUT2D eigenvalue weighted by Gasteiger charge is -2.12. The van der Waals surface area contributed by atoms with Crippen molar-refractivity contribution >= 4 is 5.91 Å². The van der Waals surface area contributed by atoms with Gasteiger partial charge in [0.15, 0.2) is 0 Å². The molecule has 1 atom stereocenters. The van der Waals surface area contributed by atoms with Crippen LogP contribution in [0, 0.1) is 0 Å². The molecule has 0 saturated heterocycles. The van der Waals surface area contributed by atoms with E-state index in [1.165, 1.54) is 12.3 Å². The molecule has 0 saturated carbocycles. The third-order valence-electron chi connectivity index (χ3n) is 1.83. The number of nitrogens with one attached hydrogen (secondary N) is 2. The van der Waals surface area contributed by atoms with Crippen LogP contribution in [0.15, 0.2) is 23.1 Å². The van der Waals surface area contributed by atoms with Gasteiger partial charge in [-0.3, -0.25) is 9.59 Å². The Hall–Kier alpha value is -1.62. The van der Waals surface area contributed by atoms with Gasteiger partial charge in [0.2, 0.25) is 5.56 Å². The Labute approximate surface area is 87.5 Å². The monoisotopic (exact) mass is 210 g/mol. The zero-order valence-corrected chi connectivity index (χ0v) is 8.74. The minimum atomic E-state index is -0.290. The molecule has 1 aromatic rings. The van der Waals surface area contributed by atoms with Crippen LogP contribution >= 0.6 is 0 Å². The number of ether oxygens (including phenoxy) is 1. The first-order chi connectivity index (χ1) is 7.13. The summed E-state index contributed by atoms with van der Waals surface area (Å²) < 4.78 is 4.88. The molecule has 1 aromatic heterocycles. The molecule has 5 heteroatoms. The van der Waals surface area contributed by atoms with E-state index in [1.54, 1.807) is 13.2 Å². The third kappa shape index (κ3) is 3.55. The van der Waals surface area contributed by atoms with Gasteiger partial charge in [0.1, 0.15) is 0 Å². The predicted molar refractivity (Wildman–Crippen MR) is 55.9 cm³/mol. The van der Waals surface area contributed by atoms with Crippen LogP contribution in [0.4, 0.5) is 0 Å². The fourth-order valence-corrected chi connectivity index (χ4v) is 1.18. The second-order valence-electron chi connectivity index (χ2n) is 3.27. The largest absolute Gasteiger partial charge is 0.383 e. The van der Waals surface area contributed by atoms with Gasteiger partial charge in [0.05, 0.1) is 6.61 Å². The molecule has 0 bridgehead atoms. The maximum absolute atomic E-state index is 11.6. The van der Waals surface area contributed by atoms with E-state index < -0.39 is 0 Å². The van der Waals surface area contributed by atoms with E-state index in [2.05, 4.69) is 10.3 Å². The van der Waals surface area contributed by atoms with E-state index >= 15 is 0 Å². The van der Waals surface area contributed by atoms with Crippen molar-refractivity contribution in [1.29, 1.82) is 0 Å². The number of aromatic amines is 1. The number of aromatic nitrogens is 1. The average Bonchev–Trinajstić information content (AvgIpc) is 2.18. The Bertz CT molecular complexity index is 386. The summed E-state index contributed by atoms with van der Waals surface area (Å²) in [4.78, 5) is 25.0. The second-order valence-corrected chi connectivity index (χ2v) is 3.27. The van der Waals surface area contributed by atoms with Crippen LogP contribution in [0.3, 0.4) is 0 Å². The number of rotatable bonds is 4. The van der Waals surface area contributed by atoms with E-state index in [4.69, 9.17) is 4.74 Å². The standard InChI is InChI=1S/C10H14N2O3/c1-7(6-15-2)12-10(14)8-3-4-11-9(13)5-8/h3-5,7H,6H2,1-2H3,(H,11,13)(H,12,14). The highest BCUT2D eigenvalue weighted by Gasteiger charge is 2.09. The van der Waals surface area contributed by atoms with Crippen molar-refractivity contribution in [1.82, 2.24) is 10.3 Å². The molecule has 15 heavy (non-hydrogen) atoms. The maximum atomic E-state index is 11.6. The van der Waals surface area contributed by atoms with Gasteiger partial charge < -0.3 is 15.0 Å². The van der Waals surface area contributed by atoms with Crippen molar-refractivity contribution in [2.24, 2.45) is 0 Å². The Morgan fingerprint density at radius 3 is 3.00 bits per heavy atom. The van der Waals surface area contributed by atoms with Crippen molar-refractivity contribution in [3.63, 3.8) is 0 Å². The Morgan fingerprint density at radius 2 is 2.40 bits per heavy atom. The van der Waals surface area contributed by atoms with Gasteiger partial charge in [0.25, 0.3) is 5.91 Å². The van der Waals surface area contributed by atoms with Crippen molar-refractivity contribution < 1.29 is 9.53 Å². The highest BCUT2D eigenvalue weighted by atomic mass is 16.5. The van der Waals surface area contributed by atoms with Gasteiger partial charge in [-0.15, -0.1) is 0 Å². The molecule has 0 fully saturated rings. The summed E-state index contributed by atoms with van der Waals surface area (Å²) in [5.41, 5.74) is 0.0590. The summed E-state index contributed by atoms with van der Waals surface area (Å²) in [6.45, 7) is 2.27. The summed E-state index contributed by atoms with van der Waals surface area (Å²) >= 11 is 0. The number of amides is 1. The van der Waals surface area contributed by atoms with Crippen LogP contribution in [0.25, 0.3) is 0 Å². The topological polar surface area (TPSA) is 71.2 Å². The first kappa shape index (κ1) is 11.5. The molecule has 0 radical (unpaired) electrons. The summed E-state index contributed by atoms with van der Waals surface area (Å²) in [7, 11) is 1.57. The van der Waals surface area contributed by atoms with E-state index in [1.807, 2.05) is 6.92 Å². The van der Waals surface area contributed by atoms with Crippen LogP contribution < -0.4 is 10.9 Å². The molecule has 0 aliphatic rings. The molecular formula is C10H14N2O3. The van der Waals surface area contributed by atoms with E-state index in [0.717, 1.165) is 0 Å². The van der Waals surface area contributed by atoms with Crippen molar-refractivity contribution in [3.8, 4) is 0 Å². The fourth-order valence-electron chi connectivity index (χ4n) is 1.18. The summed E-state index contributed by atoms with van der Waals surface area (Å²) in [5.74, 6) is -0.273. The SMILES string of the molecule is COCC(C)NC(=O)c1cc[nH]c(=O)c1. The first-order valence-corrected chi connectivity index (χ1v) is 4.62. The van der Waals surface area contributed by atoms with Crippen molar-refractivity contribution in [2.75, 3.05) is 13.7 Å². The zero-order chi connectivity index (χ0) is 11.3. The molecule has 2 N–H and O–H groups in total. The molecule has 1 amide bonds. The van der Waals surface area contributed by atoms with Gasteiger partial charge in [0, 0.05) is 31.0 Å². The molecule has 0 aliphatic carbocycles. The molecule has 0 aromatic carbocycles. The Morgan fingerprint density at radius 1 is 1.67 bits per heavy atom. The minimum absolute atomic E-state index is 0.0817. The lowest BCUT2D eigenvalue weighted by molar-refractivity contribution is 0.0905. The summed E-state index contributed by atoms with van der Waals surface area (Å²) in [6.07, 6.45) is 1.44. The smallest absolute Gasteiger partial charge is 0.251 e. The Balaban J connectivity index is 2.65. The molecule has 1 rings (SSSR count). The Kier molecular flexibility index (Phi) is 4.05. The molecular weight excluding hydrogens is 196 g/mol. The molecule has 82 valence electrons. The third-order valence-corrected chi connectivity index (χ3v) is 1.83. The van der Waals surface area contributed by atoms with Gasteiger partial charge in [-0.25, -0.2) is 0 Å². The van der Waals surface area contributed by atoms with Gasteiger partial charge in [-0.2, -0.15) is 0 Å². The lowest BCUT2D eigenvalue weighted by Crippen LogP contribution is -2.36. The van der Waals surface area contributed by atoms with Gasteiger partial charge in [-0.05, 0) is 13.0 Å². The number of carbonyl (C=O) groups excluding carboxylic acids is 1. The fraction of sp³-hybridized carbons (Fsp3) is 0.400. The van der Waals surface area contributed by atoms with Crippen molar-refractivity contribution in [2.45, 2.75) is 13.0 Å². The van der Waals surface area contributed by atoms with Crippen LogP contribution in [0.1, 0.15) is 17.3 Å². The minimum Gasteiger partial charge on any atom is -0.383 e. The number of carbonyl (C=O) groups is 1. The summed E-state index contributed by atoms with van der Waals surface area (Å²) in [6, 6.07) is 2.73. The molecule has 1 unspecified atom stereocenters. The van der Waals surface area contributed by atoms with E-state index in [9.17, 15) is 9.59 Å². The van der Waals surface area contributed by atoms with Crippen LogP contribution in [0.2, 0.25) is 0 Å². The zero-order valence-electron chi connectivity index (χ0n) is 8.74. The lowest BCUT2D eigenvalue weighted by atomic mass is 10.2. The first-order valence-electron chi connectivity index (χ1n) is 4.62. The van der Waals surface area contributed by atoms with Crippen LogP contribution in [-0.4, -0.2) is 30.6 Å². The maximum Gasteiger partial charge on any atom is 0.251 e. The number of pyridine rings is 1. The highest BCUT2D eigenvalue weighted by Crippen LogP contribution is 1.94. The molecule has 1 heterocycles. The summed E-state index contributed by atoms with van der Waals surface area (Å²) in [5, 5.41) is 2.71. The van der Waals surface area contributed by atoms with Crippen LogP contribution in [0.5, 0.6) is 0 Å². The number of methoxy groups -OCH3 is 1. The molecule has 0 aliphatic heterocycles. The number of H-pyrrole nitrogens is 1. The van der Waals surface area contributed by atoms with E-state index in [0.29, 0.717) is 12.2 Å². The van der Waals surface area contributed by atoms with Crippen LogP contribution in [-0.2, 0) is 4.74 Å². The highest BCUT2D eigenvalue weighted by molar-refractivity contribution is 5.94. The van der Waals surface area contributed by atoms with Gasteiger partial charge in [-0.1, -0.05) is 0 Å². The quantitative estimate of drug-likeness (QED) is 0.742. The predicted octanol–water partition coefficient (Wildman–Crippen LogP) is 0.140. The molecule has 0 spiro atoms. The number of hydrogen-bond acceptors (Lipinski definition) is 3. The normalized spacial score (nSPS) is 12.1. The average molecular weight is 210 g/mol. The molecule has 5 nitrogen and oxygen atoms in total.